The molecular weight excluding hydrogens is 290 g/mol. The predicted octanol–water partition coefficient (Wildman–Crippen LogP) is 3.37. The predicted molar refractivity (Wildman–Crippen MR) is 91.7 cm³/mol. The summed E-state index contributed by atoms with van der Waals surface area (Å²) in [7, 11) is 1.37. The Hall–Kier alpha value is -1.97. The Labute approximate surface area is 139 Å². The second-order valence-corrected chi connectivity index (χ2v) is 5.56. The highest BCUT2D eigenvalue weighted by molar-refractivity contribution is 5.80. The number of carbonyl (C=O) groups is 2. The van der Waals surface area contributed by atoms with Gasteiger partial charge in [-0.25, -0.2) is 9.59 Å². The zero-order chi connectivity index (χ0) is 17.1. The maximum atomic E-state index is 12.6. The zero-order valence-electron chi connectivity index (χ0n) is 14.5. The first kappa shape index (κ1) is 19.1. The van der Waals surface area contributed by atoms with Crippen LogP contribution in [-0.2, 0) is 20.7 Å². The molecule has 4 nitrogen and oxygen atoms in total. The first-order valence-corrected chi connectivity index (χ1v) is 8.40. The number of hydrogen-bond acceptors (Lipinski definition) is 3. The molecule has 0 fully saturated rings. The molecule has 0 N–H and O–H groups in total. The van der Waals surface area contributed by atoms with E-state index >= 15 is 0 Å². The third-order valence-corrected chi connectivity index (χ3v) is 3.78. The Morgan fingerprint density at radius 3 is 2.48 bits per heavy atom. The van der Waals surface area contributed by atoms with Crippen LogP contribution in [0.4, 0.5) is 0 Å². The van der Waals surface area contributed by atoms with Crippen molar-refractivity contribution >= 4 is 18.1 Å². The van der Waals surface area contributed by atoms with Gasteiger partial charge in [-0.2, -0.15) is 4.58 Å². The van der Waals surface area contributed by atoms with Gasteiger partial charge in [-0.15, -0.1) is 0 Å². The van der Waals surface area contributed by atoms with Crippen molar-refractivity contribution in [2.75, 3.05) is 7.11 Å². The van der Waals surface area contributed by atoms with E-state index in [0.717, 1.165) is 18.4 Å². The van der Waals surface area contributed by atoms with Crippen LogP contribution in [0, 0.1) is 0 Å². The van der Waals surface area contributed by atoms with Gasteiger partial charge in [0.2, 0.25) is 0 Å². The van der Waals surface area contributed by atoms with Crippen molar-refractivity contribution in [1.82, 2.24) is 0 Å². The molecule has 0 aliphatic rings. The highest BCUT2D eigenvalue weighted by Gasteiger charge is 2.34. The molecule has 23 heavy (non-hydrogen) atoms. The van der Waals surface area contributed by atoms with Crippen LogP contribution in [0.5, 0.6) is 0 Å². The second kappa shape index (κ2) is 10.7. The van der Waals surface area contributed by atoms with Crippen LogP contribution in [0.2, 0.25) is 0 Å². The lowest BCUT2D eigenvalue weighted by molar-refractivity contribution is -0.476. The summed E-state index contributed by atoms with van der Waals surface area (Å²) in [4.78, 5) is 24.7. The van der Waals surface area contributed by atoms with Gasteiger partial charge in [-0.3, -0.25) is 0 Å². The fourth-order valence-electron chi connectivity index (χ4n) is 2.53. The molecule has 0 aliphatic heterocycles. The summed E-state index contributed by atoms with van der Waals surface area (Å²) in [5, 5.41) is 0. The summed E-state index contributed by atoms with van der Waals surface area (Å²) in [6.07, 6.45) is 6.08. The summed E-state index contributed by atoms with van der Waals surface area (Å²) >= 11 is 0. The summed E-state index contributed by atoms with van der Waals surface area (Å²) in [6.45, 7) is 4.03. The molecule has 0 aromatic heterocycles. The van der Waals surface area contributed by atoms with Crippen molar-refractivity contribution in [2.24, 2.45) is 0 Å². The van der Waals surface area contributed by atoms with E-state index in [1.54, 1.807) is 4.58 Å². The van der Waals surface area contributed by atoms with E-state index in [4.69, 9.17) is 4.74 Å². The quantitative estimate of drug-likeness (QED) is 0.398. The standard InChI is InChI=1S/C19H28NO3/c1-4-6-12-17(19(22)23-3)20(15-5-2)18(21)14-13-16-10-8-7-9-11-16/h7-11,15,17H,4-6,12-14H2,1-3H3/q+1. The second-order valence-electron chi connectivity index (χ2n) is 5.56. The lowest BCUT2D eigenvalue weighted by Crippen LogP contribution is -2.39. The minimum atomic E-state index is -0.511. The van der Waals surface area contributed by atoms with Crippen LogP contribution in [0.25, 0.3) is 0 Å². The smallest absolute Gasteiger partial charge is 0.387 e. The highest BCUT2D eigenvalue weighted by atomic mass is 16.5. The molecule has 0 spiro atoms. The molecule has 1 amide bonds. The van der Waals surface area contributed by atoms with Crippen LogP contribution in [0.15, 0.2) is 30.3 Å². The molecule has 126 valence electrons. The average molecular weight is 318 g/mol. The Morgan fingerprint density at radius 1 is 1.22 bits per heavy atom. The Morgan fingerprint density at radius 2 is 1.91 bits per heavy atom. The fraction of sp³-hybridized carbons (Fsp3) is 0.526. The van der Waals surface area contributed by atoms with Crippen LogP contribution in [0.1, 0.15) is 51.5 Å². The number of carbonyl (C=O) groups excluding carboxylic acids is 2. The lowest BCUT2D eigenvalue weighted by atomic mass is 10.1. The summed E-state index contributed by atoms with van der Waals surface area (Å²) in [6, 6.07) is 9.40. The van der Waals surface area contributed by atoms with Crippen LogP contribution in [0.3, 0.4) is 0 Å². The van der Waals surface area contributed by atoms with Crippen molar-refractivity contribution in [3.05, 3.63) is 35.9 Å². The molecule has 0 saturated carbocycles. The van der Waals surface area contributed by atoms with Gasteiger partial charge in [-0.1, -0.05) is 50.6 Å². The van der Waals surface area contributed by atoms with Crippen LogP contribution < -0.4 is 0 Å². The molecule has 1 atom stereocenters. The van der Waals surface area contributed by atoms with Crippen LogP contribution in [-0.4, -0.2) is 35.8 Å². The number of methoxy groups -OCH3 is 1. The van der Waals surface area contributed by atoms with Gasteiger partial charge < -0.3 is 4.74 Å². The number of aryl methyl sites for hydroxylation is 1. The van der Waals surface area contributed by atoms with Gasteiger partial charge in [0.05, 0.1) is 13.5 Å². The summed E-state index contributed by atoms with van der Waals surface area (Å²) in [5.74, 6) is -0.363. The lowest BCUT2D eigenvalue weighted by Gasteiger charge is -2.12. The van der Waals surface area contributed by atoms with Gasteiger partial charge in [0.15, 0.2) is 0 Å². The van der Waals surface area contributed by atoms with E-state index in [1.807, 2.05) is 43.5 Å². The third kappa shape index (κ3) is 6.35. The van der Waals surface area contributed by atoms with Crippen molar-refractivity contribution in [3.63, 3.8) is 0 Å². The van der Waals surface area contributed by atoms with Crippen molar-refractivity contribution in [3.8, 4) is 0 Å². The molecule has 0 radical (unpaired) electrons. The van der Waals surface area contributed by atoms with E-state index in [2.05, 4.69) is 6.92 Å². The Balaban J connectivity index is 2.82. The van der Waals surface area contributed by atoms with Gasteiger partial charge in [0, 0.05) is 12.8 Å². The third-order valence-electron chi connectivity index (χ3n) is 3.78. The zero-order valence-corrected chi connectivity index (χ0v) is 14.5. The monoisotopic (exact) mass is 318 g/mol. The van der Waals surface area contributed by atoms with E-state index in [0.29, 0.717) is 25.7 Å². The van der Waals surface area contributed by atoms with E-state index in [9.17, 15) is 9.59 Å². The normalized spacial score (nSPS) is 12.7. The summed E-state index contributed by atoms with van der Waals surface area (Å²) in [5.41, 5.74) is 1.13. The van der Waals surface area contributed by atoms with E-state index < -0.39 is 6.04 Å². The SMILES string of the molecule is CCC=[N+](C(=O)CCc1ccccc1)C(CCCC)C(=O)OC. The molecule has 4 heteroatoms. The van der Waals surface area contributed by atoms with Crippen molar-refractivity contribution < 1.29 is 18.9 Å². The van der Waals surface area contributed by atoms with E-state index in [1.165, 1.54) is 7.11 Å². The Kier molecular flexibility index (Phi) is 8.88. The first-order chi connectivity index (χ1) is 11.1. The van der Waals surface area contributed by atoms with Crippen LogP contribution >= 0.6 is 0 Å². The number of unbranched alkanes of at least 4 members (excludes halogenated alkanes) is 1. The van der Waals surface area contributed by atoms with Gasteiger partial charge in [0.1, 0.15) is 6.21 Å². The molecule has 1 rings (SSSR count). The molecule has 0 saturated heterocycles. The average Bonchev–Trinajstić information content (AvgIpc) is 2.59. The minimum absolute atomic E-state index is 0.0257. The molecule has 1 aromatic carbocycles. The number of hydrogen-bond donors (Lipinski definition) is 0. The van der Waals surface area contributed by atoms with E-state index in [-0.39, 0.29) is 11.9 Å². The van der Waals surface area contributed by atoms with Gasteiger partial charge in [0.25, 0.3) is 6.04 Å². The number of nitrogens with zero attached hydrogens (tertiary/aromatic N) is 1. The maximum absolute atomic E-state index is 12.6. The maximum Gasteiger partial charge on any atom is 0.387 e. The van der Waals surface area contributed by atoms with Gasteiger partial charge >= 0.3 is 11.9 Å². The van der Waals surface area contributed by atoms with Crippen molar-refractivity contribution in [1.29, 1.82) is 0 Å². The number of rotatable bonds is 9. The largest absolute Gasteiger partial charge is 0.464 e. The molecular formula is C19H28NO3+. The number of esters is 1. The number of ether oxygens (including phenoxy) is 1. The highest BCUT2D eigenvalue weighted by Crippen LogP contribution is 2.10. The minimum Gasteiger partial charge on any atom is -0.464 e. The number of benzene rings is 1. The van der Waals surface area contributed by atoms with Crippen molar-refractivity contribution in [2.45, 2.75) is 58.4 Å². The Bertz CT molecular complexity index is 523. The van der Waals surface area contributed by atoms with Gasteiger partial charge in [-0.05, 0) is 18.4 Å². The summed E-state index contributed by atoms with van der Waals surface area (Å²) < 4.78 is 6.48. The molecule has 0 bridgehead atoms. The topological polar surface area (TPSA) is 46.4 Å². The first-order valence-electron chi connectivity index (χ1n) is 8.40. The molecule has 0 heterocycles. The number of amides is 1. The molecule has 1 aromatic rings. The molecule has 0 aliphatic carbocycles. The fourth-order valence-corrected chi connectivity index (χ4v) is 2.53. The molecule has 1 unspecified atom stereocenters.